The molecule has 190 valence electrons. The molecule has 2 heterocycles. The number of nitrogens with zero attached hydrogens (tertiary/aromatic N) is 4. The summed E-state index contributed by atoms with van der Waals surface area (Å²) in [7, 11) is 3.95. The fourth-order valence-corrected chi connectivity index (χ4v) is 4.70. The van der Waals surface area contributed by atoms with Crippen molar-refractivity contribution in [3.8, 4) is 11.3 Å². The molecule has 4 rings (SSSR count). The molecule has 0 spiro atoms. The largest absolute Gasteiger partial charge is 0.335 e. The molecule has 7 nitrogen and oxygen atoms in total. The van der Waals surface area contributed by atoms with Crippen LogP contribution in [0.15, 0.2) is 60.7 Å². The second-order valence-electron chi connectivity index (χ2n) is 9.89. The highest BCUT2D eigenvalue weighted by molar-refractivity contribution is 5.98. The monoisotopic (exact) mass is 486 g/mol. The molecule has 0 saturated heterocycles. The number of anilines is 1. The number of fused-ring (bicyclic) bond motifs is 1. The van der Waals surface area contributed by atoms with Crippen LogP contribution in [0, 0.1) is 0 Å². The van der Waals surface area contributed by atoms with Gasteiger partial charge in [-0.05, 0) is 51.1 Å². The van der Waals surface area contributed by atoms with Crippen LogP contribution < -0.4 is 16.2 Å². The Hall–Kier alpha value is -3.26. The van der Waals surface area contributed by atoms with Gasteiger partial charge in [0, 0.05) is 50.4 Å². The van der Waals surface area contributed by atoms with E-state index in [1.165, 1.54) is 5.56 Å². The maximum atomic E-state index is 13.9. The Morgan fingerprint density at radius 3 is 2.53 bits per heavy atom. The van der Waals surface area contributed by atoms with Crippen LogP contribution in [-0.4, -0.2) is 53.9 Å². The van der Waals surface area contributed by atoms with Crippen LogP contribution in [0.4, 0.5) is 5.82 Å². The second-order valence-corrected chi connectivity index (χ2v) is 9.89. The van der Waals surface area contributed by atoms with E-state index in [1.807, 2.05) is 36.2 Å². The molecule has 1 atom stereocenters. The number of rotatable bonds is 9. The molecule has 0 bridgehead atoms. The number of benzene rings is 2. The normalized spacial score (nSPS) is 13.8. The molecule has 0 unspecified atom stereocenters. The number of likely N-dealkylation sites (N-methyl/N-ethyl adjacent to an activating group) is 1. The van der Waals surface area contributed by atoms with E-state index >= 15 is 0 Å². The molecule has 0 radical (unpaired) electrons. The van der Waals surface area contributed by atoms with Crippen LogP contribution in [0.25, 0.3) is 11.3 Å². The highest BCUT2D eigenvalue weighted by Gasteiger charge is 2.31. The number of hydrazine groups is 1. The zero-order chi connectivity index (χ0) is 25.8. The van der Waals surface area contributed by atoms with Gasteiger partial charge in [-0.25, -0.2) is 10.4 Å². The average molecular weight is 487 g/mol. The number of aromatic nitrogens is 1. The molecule has 2 aromatic carbocycles. The summed E-state index contributed by atoms with van der Waals surface area (Å²) in [5.41, 5.74) is 14.9. The minimum Gasteiger partial charge on any atom is -0.335 e. The Morgan fingerprint density at radius 1 is 1.08 bits per heavy atom. The molecule has 1 aromatic heterocycles. The fraction of sp³-hybridized carbons (Fsp3) is 0.379. The quantitative estimate of drug-likeness (QED) is 0.472. The van der Waals surface area contributed by atoms with E-state index in [4.69, 9.17) is 10.7 Å². The third kappa shape index (κ3) is 5.43. The lowest BCUT2D eigenvalue weighted by molar-refractivity contribution is 0.0741. The summed E-state index contributed by atoms with van der Waals surface area (Å²) in [5, 5.41) is 2.06. The van der Waals surface area contributed by atoms with Crippen molar-refractivity contribution >= 4 is 11.7 Å². The van der Waals surface area contributed by atoms with Crippen molar-refractivity contribution in [2.45, 2.75) is 45.9 Å². The Labute approximate surface area is 214 Å². The molecule has 7 heteroatoms. The Balaban J connectivity index is 1.74. The number of amides is 1. The van der Waals surface area contributed by atoms with Crippen LogP contribution in [0.1, 0.15) is 53.9 Å². The molecular formula is C29H38N6O. The summed E-state index contributed by atoms with van der Waals surface area (Å²) >= 11 is 0. The second kappa shape index (κ2) is 11.2. The van der Waals surface area contributed by atoms with Crippen LogP contribution in [0.2, 0.25) is 0 Å². The number of hydrogen-bond donors (Lipinski definition) is 2. The molecule has 1 aliphatic rings. The smallest absolute Gasteiger partial charge is 0.254 e. The standard InChI is InChI=1S/C29H38N6O/c1-20(2)35-28-26(18-31-35)25(29(36)34(5)21(3)23-11-7-6-8-12-23)17-27(32-28)24-13-9-10-22(16-24)19-33(4)15-14-30/h6-13,16-17,20-21,31H,14-15,18-19,30H2,1-5H3/t21-/m0/s1. The average Bonchev–Trinajstić information content (AvgIpc) is 3.32. The SMILES string of the molecule is CC(C)N1NCc2c(C(=O)N(C)[C@@H](C)c3ccccc3)cc(-c3cccc(CN(C)CCN)c3)nc21. The van der Waals surface area contributed by atoms with Crippen LogP contribution in [0.3, 0.4) is 0 Å². The van der Waals surface area contributed by atoms with Gasteiger partial charge in [0.05, 0.1) is 17.3 Å². The van der Waals surface area contributed by atoms with Gasteiger partial charge >= 0.3 is 0 Å². The highest BCUT2D eigenvalue weighted by Crippen LogP contribution is 2.34. The summed E-state index contributed by atoms with van der Waals surface area (Å²) in [6.45, 7) is 9.15. The lowest BCUT2D eigenvalue weighted by Crippen LogP contribution is -2.38. The predicted octanol–water partition coefficient (Wildman–Crippen LogP) is 4.21. The molecule has 36 heavy (non-hydrogen) atoms. The summed E-state index contributed by atoms with van der Waals surface area (Å²) in [6, 6.07) is 20.6. The first kappa shape index (κ1) is 25.8. The zero-order valence-corrected chi connectivity index (χ0v) is 22.0. The topological polar surface area (TPSA) is 77.7 Å². The highest BCUT2D eigenvalue weighted by atomic mass is 16.2. The van der Waals surface area contributed by atoms with Crippen LogP contribution in [0.5, 0.6) is 0 Å². The van der Waals surface area contributed by atoms with Crippen molar-refractivity contribution in [1.82, 2.24) is 20.2 Å². The molecule has 3 N–H and O–H groups in total. The fourth-order valence-electron chi connectivity index (χ4n) is 4.70. The lowest BCUT2D eigenvalue weighted by Gasteiger charge is -2.27. The first-order valence-corrected chi connectivity index (χ1v) is 12.7. The Morgan fingerprint density at radius 2 is 1.83 bits per heavy atom. The number of nitrogens with one attached hydrogen (secondary N) is 1. The molecule has 3 aromatic rings. The number of nitrogens with two attached hydrogens (primary N) is 1. The van der Waals surface area contributed by atoms with Gasteiger partial charge in [0.15, 0.2) is 0 Å². The molecule has 0 fully saturated rings. The summed E-state index contributed by atoms with van der Waals surface area (Å²) in [6.07, 6.45) is 0. The molecule has 1 amide bonds. The van der Waals surface area contributed by atoms with Gasteiger partial charge in [0.2, 0.25) is 0 Å². The van der Waals surface area contributed by atoms with Crippen molar-refractivity contribution in [2.24, 2.45) is 5.73 Å². The molecule has 0 saturated carbocycles. The molecule has 0 aliphatic carbocycles. The van der Waals surface area contributed by atoms with E-state index in [9.17, 15) is 4.79 Å². The van der Waals surface area contributed by atoms with Gasteiger partial charge in [-0.2, -0.15) is 0 Å². The van der Waals surface area contributed by atoms with Gasteiger partial charge in [0.25, 0.3) is 5.91 Å². The first-order chi connectivity index (χ1) is 17.3. The number of carbonyl (C=O) groups excluding carboxylic acids is 1. The lowest BCUT2D eigenvalue weighted by atomic mass is 10.0. The minimum absolute atomic E-state index is 0.00232. The van der Waals surface area contributed by atoms with Crippen molar-refractivity contribution in [1.29, 1.82) is 0 Å². The third-order valence-electron chi connectivity index (χ3n) is 6.87. The zero-order valence-electron chi connectivity index (χ0n) is 22.0. The number of hydrogen-bond acceptors (Lipinski definition) is 6. The summed E-state index contributed by atoms with van der Waals surface area (Å²) in [5.74, 6) is 0.828. The van der Waals surface area contributed by atoms with E-state index in [0.717, 1.165) is 41.3 Å². The van der Waals surface area contributed by atoms with E-state index in [-0.39, 0.29) is 18.0 Å². The van der Waals surface area contributed by atoms with Gasteiger partial charge < -0.3 is 15.5 Å². The minimum atomic E-state index is -0.0528. The van der Waals surface area contributed by atoms with Gasteiger partial charge in [-0.15, -0.1) is 0 Å². The van der Waals surface area contributed by atoms with Gasteiger partial charge in [-0.1, -0.05) is 48.5 Å². The predicted molar refractivity (Wildman–Crippen MR) is 146 cm³/mol. The van der Waals surface area contributed by atoms with Gasteiger partial charge in [-0.3, -0.25) is 9.80 Å². The molecular weight excluding hydrogens is 448 g/mol. The Kier molecular flexibility index (Phi) is 8.04. The first-order valence-electron chi connectivity index (χ1n) is 12.7. The summed E-state index contributed by atoms with van der Waals surface area (Å²) in [4.78, 5) is 23.0. The van der Waals surface area contributed by atoms with E-state index in [1.54, 1.807) is 0 Å². The summed E-state index contributed by atoms with van der Waals surface area (Å²) < 4.78 is 0. The van der Waals surface area contributed by atoms with Crippen molar-refractivity contribution in [3.05, 3.63) is 82.9 Å². The Bertz CT molecular complexity index is 1200. The third-order valence-corrected chi connectivity index (χ3v) is 6.87. The van der Waals surface area contributed by atoms with Gasteiger partial charge in [0.1, 0.15) is 5.82 Å². The molecule has 1 aliphatic heterocycles. The van der Waals surface area contributed by atoms with Crippen molar-refractivity contribution < 1.29 is 4.79 Å². The van der Waals surface area contributed by atoms with Crippen LogP contribution >= 0.6 is 0 Å². The number of pyridine rings is 1. The van der Waals surface area contributed by atoms with Crippen LogP contribution in [-0.2, 0) is 13.1 Å². The van der Waals surface area contributed by atoms with E-state index in [0.29, 0.717) is 18.7 Å². The maximum Gasteiger partial charge on any atom is 0.254 e. The number of carbonyl (C=O) groups is 1. The van der Waals surface area contributed by atoms with Crippen molar-refractivity contribution in [3.63, 3.8) is 0 Å². The van der Waals surface area contributed by atoms with Crippen molar-refractivity contribution in [2.75, 3.05) is 32.2 Å². The van der Waals surface area contributed by atoms with E-state index in [2.05, 4.69) is 79.6 Å². The maximum absolute atomic E-state index is 13.9. The van der Waals surface area contributed by atoms with E-state index < -0.39 is 0 Å².